The van der Waals surface area contributed by atoms with Crippen LogP contribution in [-0.2, 0) is 11.3 Å². The van der Waals surface area contributed by atoms with Crippen LogP contribution in [0.2, 0.25) is 0 Å². The van der Waals surface area contributed by atoms with Crippen LogP contribution in [0.5, 0.6) is 0 Å². The maximum atomic E-state index is 10.8. The van der Waals surface area contributed by atoms with Crippen molar-refractivity contribution in [1.82, 2.24) is 5.32 Å². The number of carboxylic acid groups (broad SMARTS) is 1. The van der Waals surface area contributed by atoms with E-state index >= 15 is 0 Å². The van der Waals surface area contributed by atoms with Crippen molar-refractivity contribution in [3.63, 3.8) is 0 Å². The summed E-state index contributed by atoms with van der Waals surface area (Å²) in [6.45, 7) is 2.55. The number of rotatable bonds is 7. The first-order valence-corrected chi connectivity index (χ1v) is 7.17. The largest absolute Gasteiger partial charge is 0.478 e. The third kappa shape index (κ3) is 3.81. The first-order valence-electron chi connectivity index (χ1n) is 7.17. The molecule has 0 amide bonds. The van der Waals surface area contributed by atoms with Crippen molar-refractivity contribution in [1.29, 1.82) is 0 Å². The van der Waals surface area contributed by atoms with Crippen molar-refractivity contribution in [2.24, 2.45) is 5.41 Å². The molecular weight excluding hydrogens is 254 g/mol. The van der Waals surface area contributed by atoms with E-state index in [4.69, 9.17) is 9.84 Å². The molecule has 0 saturated heterocycles. The Kier molecular flexibility index (Phi) is 5.15. The van der Waals surface area contributed by atoms with Gasteiger partial charge in [0.1, 0.15) is 0 Å². The fourth-order valence-corrected chi connectivity index (χ4v) is 3.04. The zero-order chi connectivity index (χ0) is 14.4. The van der Waals surface area contributed by atoms with Gasteiger partial charge in [-0.15, -0.1) is 0 Å². The van der Waals surface area contributed by atoms with Gasteiger partial charge in [0.15, 0.2) is 0 Å². The first-order chi connectivity index (χ1) is 9.65. The van der Waals surface area contributed by atoms with Gasteiger partial charge >= 0.3 is 5.97 Å². The molecule has 0 bridgehead atoms. The Morgan fingerprint density at radius 1 is 1.30 bits per heavy atom. The average molecular weight is 277 g/mol. The Labute approximate surface area is 120 Å². The minimum Gasteiger partial charge on any atom is -0.478 e. The highest BCUT2D eigenvalue weighted by molar-refractivity contribution is 5.87. The van der Waals surface area contributed by atoms with Crippen LogP contribution in [0.1, 0.15) is 41.6 Å². The Hall–Kier alpha value is -1.39. The van der Waals surface area contributed by atoms with E-state index in [0.29, 0.717) is 5.56 Å². The highest BCUT2D eigenvalue weighted by Gasteiger charge is 2.33. The quantitative estimate of drug-likeness (QED) is 0.804. The number of hydrogen-bond acceptors (Lipinski definition) is 3. The van der Waals surface area contributed by atoms with Gasteiger partial charge in [0.05, 0.1) is 12.2 Å². The molecule has 1 saturated carbocycles. The summed E-state index contributed by atoms with van der Waals surface area (Å²) in [5.41, 5.74) is 1.73. The number of methoxy groups -OCH3 is 1. The monoisotopic (exact) mass is 277 g/mol. The van der Waals surface area contributed by atoms with Gasteiger partial charge in [0.25, 0.3) is 0 Å². The van der Waals surface area contributed by atoms with E-state index in [1.54, 1.807) is 19.2 Å². The highest BCUT2D eigenvalue weighted by atomic mass is 16.5. The van der Waals surface area contributed by atoms with E-state index in [2.05, 4.69) is 5.32 Å². The summed E-state index contributed by atoms with van der Waals surface area (Å²) in [6, 6.07) is 7.04. The molecule has 0 unspecified atom stereocenters. The predicted octanol–water partition coefficient (Wildman–Crippen LogP) is 2.68. The molecule has 0 heterocycles. The fourth-order valence-electron chi connectivity index (χ4n) is 3.04. The molecule has 2 rings (SSSR count). The van der Waals surface area contributed by atoms with Crippen LogP contribution in [0.25, 0.3) is 0 Å². The van der Waals surface area contributed by atoms with Gasteiger partial charge in [-0.2, -0.15) is 0 Å². The third-order valence-corrected chi connectivity index (χ3v) is 4.14. The number of ether oxygens (including phenoxy) is 1. The lowest BCUT2D eigenvalue weighted by molar-refractivity contribution is 0.0697. The van der Waals surface area contributed by atoms with E-state index < -0.39 is 5.97 Å². The number of benzene rings is 1. The van der Waals surface area contributed by atoms with Crippen molar-refractivity contribution in [3.8, 4) is 0 Å². The van der Waals surface area contributed by atoms with Gasteiger partial charge < -0.3 is 15.2 Å². The molecular formula is C16H23NO3. The Morgan fingerprint density at radius 2 is 1.95 bits per heavy atom. The van der Waals surface area contributed by atoms with Crippen LogP contribution in [0, 0.1) is 5.41 Å². The lowest BCUT2D eigenvalue weighted by Gasteiger charge is -2.28. The molecule has 0 radical (unpaired) electrons. The second-order valence-electron chi connectivity index (χ2n) is 5.75. The number of carboxylic acids is 1. The minimum atomic E-state index is -0.880. The lowest BCUT2D eigenvalue weighted by atomic mass is 9.87. The molecule has 1 fully saturated rings. The topological polar surface area (TPSA) is 58.6 Å². The molecule has 20 heavy (non-hydrogen) atoms. The first kappa shape index (κ1) is 15.0. The minimum absolute atomic E-state index is 0.287. The van der Waals surface area contributed by atoms with Crippen LogP contribution >= 0.6 is 0 Å². The van der Waals surface area contributed by atoms with Gasteiger partial charge in [-0.05, 0) is 30.5 Å². The van der Waals surface area contributed by atoms with Gasteiger partial charge in [0.2, 0.25) is 0 Å². The van der Waals surface area contributed by atoms with E-state index in [-0.39, 0.29) is 5.41 Å². The van der Waals surface area contributed by atoms with Crippen LogP contribution in [0.15, 0.2) is 24.3 Å². The van der Waals surface area contributed by atoms with Crippen LogP contribution in [0.4, 0.5) is 0 Å². The van der Waals surface area contributed by atoms with Crippen LogP contribution < -0.4 is 5.32 Å². The molecule has 0 aliphatic heterocycles. The molecule has 4 heteroatoms. The highest BCUT2D eigenvalue weighted by Crippen LogP contribution is 2.37. The molecule has 1 aliphatic rings. The SMILES string of the molecule is COCC1(CNCc2ccc(C(=O)O)cc2)CCCC1. The Balaban J connectivity index is 1.84. The number of carbonyl (C=O) groups is 1. The molecule has 2 N–H and O–H groups in total. The molecule has 0 aromatic heterocycles. The second kappa shape index (κ2) is 6.86. The second-order valence-corrected chi connectivity index (χ2v) is 5.75. The molecule has 1 aromatic carbocycles. The molecule has 4 nitrogen and oxygen atoms in total. The van der Waals surface area contributed by atoms with Gasteiger partial charge in [-0.1, -0.05) is 25.0 Å². The lowest BCUT2D eigenvalue weighted by Crippen LogP contribution is -2.35. The molecule has 0 atom stereocenters. The van der Waals surface area contributed by atoms with Crippen molar-refractivity contribution in [3.05, 3.63) is 35.4 Å². The average Bonchev–Trinajstić information content (AvgIpc) is 2.88. The summed E-state index contributed by atoms with van der Waals surface area (Å²) in [5, 5.41) is 12.3. The zero-order valence-electron chi connectivity index (χ0n) is 12.0. The van der Waals surface area contributed by atoms with E-state index in [1.807, 2.05) is 12.1 Å². The van der Waals surface area contributed by atoms with Crippen molar-refractivity contribution in [2.75, 3.05) is 20.3 Å². The summed E-state index contributed by atoms with van der Waals surface area (Å²) in [7, 11) is 1.77. The predicted molar refractivity (Wildman–Crippen MR) is 77.9 cm³/mol. The third-order valence-electron chi connectivity index (χ3n) is 4.14. The standard InChI is InChI=1S/C16H23NO3/c1-20-12-16(8-2-3-9-16)11-17-10-13-4-6-14(7-5-13)15(18)19/h4-7,17H,2-3,8-12H2,1H3,(H,18,19). The van der Waals surface area contributed by atoms with Crippen LogP contribution in [0.3, 0.4) is 0 Å². The van der Waals surface area contributed by atoms with Gasteiger partial charge in [-0.3, -0.25) is 0 Å². The number of nitrogens with one attached hydrogen (secondary N) is 1. The van der Waals surface area contributed by atoms with Gasteiger partial charge in [0, 0.05) is 25.6 Å². The van der Waals surface area contributed by atoms with Crippen molar-refractivity contribution >= 4 is 5.97 Å². The summed E-state index contributed by atoms with van der Waals surface area (Å²) in [6.07, 6.45) is 5.04. The summed E-state index contributed by atoms with van der Waals surface area (Å²) >= 11 is 0. The van der Waals surface area contributed by atoms with Crippen molar-refractivity contribution in [2.45, 2.75) is 32.2 Å². The normalized spacial score (nSPS) is 17.2. The summed E-state index contributed by atoms with van der Waals surface area (Å²) < 4.78 is 5.37. The number of hydrogen-bond donors (Lipinski definition) is 2. The maximum Gasteiger partial charge on any atom is 0.335 e. The van der Waals surface area contributed by atoms with E-state index in [1.165, 1.54) is 25.7 Å². The Morgan fingerprint density at radius 3 is 2.50 bits per heavy atom. The summed E-state index contributed by atoms with van der Waals surface area (Å²) in [5.74, 6) is -0.880. The Bertz CT molecular complexity index is 436. The van der Waals surface area contributed by atoms with Crippen molar-refractivity contribution < 1.29 is 14.6 Å². The van der Waals surface area contributed by atoms with E-state index in [0.717, 1.165) is 25.3 Å². The molecule has 1 aromatic rings. The molecule has 1 aliphatic carbocycles. The maximum absolute atomic E-state index is 10.8. The molecule has 110 valence electrons. The van der Waals surface area contributed by atoms with E-state index in [9.17, 15) is 4.79 Å². The summed E-state index contributed by atoms with van der Waals surface area (Å²) in [4.78, 5) is 10.8. The van der Waals surface area contributed by atoms with Gasteiger partial charge in [-0.25, -0.2) is 4.79 Å². The zero-order valence-corrected chi connectivity index (χ0v) is 12.0. The smallest absolute Gasteiger partial charge is 0.335 e. The fraction of sp³-hybridized carbons (Fsp3) is 0.562. The van der Waals surface area contributed by atoms with Crippen LogP contribution in [-0.4, -0.2) is 31.3 Å². The number of aromatic carboxylic acids is 1. The molecule has 0 spiro atoms.